The quantitative estimate of drug-likeness (QED) is 0.527. The van der Waals surface area contributed by atoms with Crippen LogP contribution in [0.3, 0.4) is 0 Å². The van der Waals surface area contributed by atoms with Gasteiger partial charge in [-0.1, -0.05) is 29.8 Å². The molecule has 1 aliphatic heterocycles. The molecule has 5 rings (SSSR count). The molecule has 162 valence electrons. The fourth-order valence-electron chi connectivity index (χ4n) is 4.12. The van der Waals surface area contributed by atoms with E-state index in [1.165, 1.54) is 5.56 Å². The lowest BCUT2D eigenvalue weighted by Crippen LogP contribution is -2.40. The second-order valence-electron chi connectivity index (χ2n) is 8.20. The molecule has 1 N–H and O–H groups in total. The van der Waals surface area contributed by atoms with Crippen LogP contribution in [0.25, 0.3) is 17.0 Å². The van der Waals surface area contributed by atoms with Gasteiger partial charge in [0.05, 0.1) is 0 Å². The lowest BCUT2D eigenvalue weighted by atomic mass is 9.96. The van der Waals surface area contributed by atoms with Crippen molar-refractivity contribution in [1.29, 1.82) is 0 Å². The van der Waals surface area contributed by atoms with Gasteiger partial charge in [0, 0.05) is 43.5 Å². The van der Waals surface area contributed by atoms with Crippen LogP contribution in [0.15, 0.2) is 60.9 Å². The van der Waals surface area contributed by atoms with Crippen molar-refractivity contribution >= 4 is 17.4 Å². The Morgan fingerprint density at radius 3 is 2.75 bits per heavy atom. The summed E-state index contributed by atoms with van der Waals surface area (Å²) in [5.74, 6) is 1.73. The van der Waals surface area contributed by atoms with Gasteiger partial charge in [0.25, 0.3) is 0 Å². The maximum Gasteiger partial charge on any atom is 0.223 e. The zero-order valence-corrected chi connectivity index (χ0v) is 18.0. The molecule has 1 fully saturated rings. The zero-order chi connectivity index (χ0) is 21.9. The van der Waals surface area contributed by atoms with Crippen molar-refractivity contribution in [3.05, 3.63) is 72.1 Å². The first kappa shape index (κ1) is 20.1. The van der Waals surface area contributed by atoms with Crippen molar-refractivity contribution in [2.75, 3.05) is 18.0 Å². The average Bonchev–Trinajstić information content (AvgIpc) is 3.27. The minimum Gasteiger partial charge on any atom is -0.355 e. The molecule has 1 aliphatic rings. The summed E-state index contributed by atoms with van der Waals surface area (Å²) < 4.78 is 1.80. The van der Waals surface area contributed by atoms with Crippen molar-refractivity contribution in [1.82, 2.24) is 30.1 Å². The number of pyridine rings is 1. The third kappa shape index (κ3) is 4.16. The smallest absolute Gasteiger partial charge is 0.223 e. The Kier molecular flexibility index (Phi) is 5.49. The summed E-state index contributed by atoms with van der Waals surface area (Å²) in [6.07, 6.45) is 5.10. The van der Waals surface area contributed by atoms with Gasteiger partial charge >= 0.3 is 0 Å². The number of aromatic nitrogens is 5. The summed E-state index contributed by atoms with van der Waals surface area (Å²) in [5.41, 5.74) is 3.88. The van der Waals surface area contributed by atoms with Gasteiger partial charge in [-0.2, -0.15) is 4.52 Å². The number of carbonyl (C=O) groups excluding carboxylic acids is 1. The summed E-state index contributed by atoms with van der Waals surface area (Å²) in [4.78, 5) is 18.9. The SMILES string of the molecule is Cc1cccc(-c2nnc3ccc(N4CCC(C(=O)NCc5cccnc5)CC4)nn23)c1. The number of hydrogen-bond acceptors (Lipinski definition) is 6. The van der Waals surface area contributed by atoms with Crippen molar-refractivity contribution in [3.63, 3.8) is 0 Å². The van der Waals surface area contributed by atoms with E-state index >= 15 is 0 Å². The van der Waals surface area contributed by atoms with Crippen LogP contribution in [0.1, 0.15) is 24.0 Å². The number of nitrogens with one attached hydrogen (secondary N) is 1. The van der Waals surface area contributed by atoms with Crippen molar-refractivity contribution in [2.24, 2.45) is 5.92 Å². The Labute approximate surface area is 186 Å². The van der Waals surface area contributed by atoms with Gasteiger partial charge in [0.1, 0.15) is 5.82 Å². The third-order valence-electron chi connectivity index (χ3n) is 5.90. The number of aryl methyl sites for hydroxylation is 1. The van der Waals surface area contributed by atoms with Crippen LogP contribution in [-0.4, -0.2) is 43.8 Å². The van der Waals surface area contributed by atoms with Crippen molar-refractivity contribution in [2.45, 2.75) is 26.3 Å². The number of amides is 1. The standard InChI is InChI=1S/C24H25N7O/c1-17-4-2-6-20(14-17)23-28-27-21-7-8-22(29-31(21)23)30-12-9-19(10-13-30)24(32)26-16-18-5-3-11-25-15-18/h2-8,11,14-15,19H,9-10,12-13,16H2,1H3,(H,26,32). The van der Waals surface area contributed by atoms with Crippen LogP contribution >= 0.6 is 0 Å². The molecule has 0 unspecified atom stereocenters. The molecule has 0 spiro atoms. The number of fused-ring (bicyclic) bond motifs is 1. The van der Waals surface area contributed by atoms with Gasteiger partial charge in [-0.15, -0.1) is 15.3 Å². The predicted molar refractivity (Wildman–Crippen MR) is 122 cm³/mol. The fraction of sp³-hybridized carbons (Fsp3) is 0.292. The maximum atomic E-state index is 12.6. The van der Waals surface area contributed by atoms with Crippen molar-refractivity contribution in [3.8, 4) is 11.4 Å². The molecule has 1 saturated heterocycles. The number of carbonyl (C=O) groups is 1. The van der Waals surface area contributed by atoms with Gasteiger partial charge < -0.3 is 10.2 Å². The Morgan fingerprint density at radius 1 is 1.09 bits per heavy atom. The molecule has 8 nitrogen and oxygen atoms in total. The van der Waals surface area contributed by atoms with E-state index in [4.69, 9.17) is 5.10 Å². The number of hydrogen-bond donors (Lipinski definition) is 1. The number of benzene rings is 1. The topological polar surface area (TPSA) is 88.3 Å². The summed E-state index contributed by atoms with van der Waals surface area (Å²) in [5, 5.41) is 16.5. The minimum absolute atomic E-state index is 0.0180. The molecule has 0 radical (unpaired) electrons. The average molecular weight is 428 g/mol. The Hall–Kier alpha value is -3.81. The molecule has 3 aromatic heterocycles. The van der Waals surface area contributed by atoms with Gasteiger partial charge in [-0.05, 0) is 49.6 Å². The number of anilines is 1. The molecule has 0 atom stereocenters. The first-order valence-electron chi connectivity index (χ1n) is 10.9. The van der Waals surface area contributed by atoms with E-state index in [-0.39, 0.29) is 11.8 Å². The monoisotopic (exact) mass is 427 g/mol. The molecule has 0 aliphatic carbocycles. The molecule has 8 heteroatoms. The largest absolute Gasteiger partial charge is 0.355 e. The highest BCUT2D eigenvalue weighted by atomic mass is 16.1. The molecule has 0 saturated carbocycles. The van der Waals surface area contributed by atoms with Crippen LogP contribution in [0.2, 0.25) is 0 Å². The van der Waals surface area contributed by atoms with E-state index in [9.17, 15) is 4.79 Å². The first-order valence-corrected chi connectivity index (χ1v) is 10.9. The van der Waals surface area contributed by atoms with Crippen molar-refractivity contribution < 1.29 is 4.79 Å². The van der Waals surface area contributed by atoms with Gasteiger partial charge in [0.15, 0.2) is 11.5 Å². The van der Waals surface area contributed by atoms with E-state index in [2.05, 4.69) is 44.5 Å². The molecule has 0 bridgehead atoms. The predicted octanol–water partition coefficient (Wildman–Crippen LogP) is 3.03. The van der Waals surface area contributed by atoms with Gasteiger partial charge in [0.2, 0.25) is 5.91 Å². The maximum absolute atomic E-state index is 12.6. The van der Waals surface area contributed by atoms with E-state index in [1.54, 1.807) is 16.9 Å². The highest BCUT2D eigenvalue weighted by molar-refractivity contribution is 5.79. The summed E-state index contributed by atoms with van der Waals surface area (Å²) in [7, 11) is 0. The molecule has 4 aromatic rings. The summed E-state index contributed by atoms with van der Waals surface area (Å²) in [6, 6.07) is 15.9. The molecule has 1 aromatic carbocycles. The first-order chi connectivity index (χ1) is 15.7. The van der Waals surface area contributed by atoms with E-state index in [0.717, 1.165) is 54.3 Å². The second kappa shape index (κ2) is 8.74. The Morgan fingerprint density at radius 2 is 1.97 bits per heavy atom. The molecular weight excluding hydrogens is 402 g/mol. The molecule has 32 heavy (non-hydrogen) atoms. The number of piperidine rings is 1. The van der Waals surface area contributed by atoms with Crippen LogP contribution in [0, 0.1) is 12.8 Å². The van der Waals surface area contributed by atoms with E-state index in [0.29, 0.717) is 6.54 Å². The van der Waals surface area contributed by atoms with E-state index < -0.39 is 0 Å². The molecule has 4 heterocycles. The van der Waals surface area contributed by atoms with E-state index in [1.807, 2.05) is 36.4 Å². The second-order valence-corrected chi connectivity index (χ2v) is 8.20. The Balaban J connectivity index is 1.26. The minimum atomic E-state index is 0.0180. The Bertz CT molecular complexity index is 1230. The molecular formula is C24H25N7O. The summed E-state index contributed by atoms with van der Waals surface area (Å²) in [6.45, 7) is 4.14. The van der Waals surface area contributed by atoms with Crippen LogP contribution < -0.4 is 10.2 Å². The normalized spacial score (nSPS) is 14.6. The van der Waals surface area contributed by atoms with Crippen LogP contribution in [-0.2, 0) is 11.3 Å². The fourth-order valence-corrected chi connectivity index (χ4v) is 4.12. The lowest BCUT2D eigenvalue weighted by molar-refractivity contribution is -0.125. The highest BCUT2D eigenvalue weighted by Gasteiger charge is 2.26. The van der Waals surface area contributed by atoms with Crippen LogP contribution in [0.5, 0.6) is 0 Å². The van der Waals surface area contributed by atoms with Gasteiger partial charge in [-0.25, -0.2) is 0 Å². The highest BCUT2D eigenvalue weighted by Crippen LogP contribution is 2.24. The summed E-state index contributed by atoms with van der Waals surface area (Å²) >= 11 is 0. The number of rotatable bonds is 5. The lowest BCUT2D eigenvalue weighted by Gasteiger charge is -2.32. The number of nitrogens with zero attached hydrogens (tertiary/aromatic N) is 6. The zero-order valence-electron chi connectivity index (χ0n) is 18.0. The van der Waals surface area contributed by atoms with Crippen LogP contribution in [0.4, 0.5) is 5.82 Å². The molecule has 1 amide bonds. The third-order valence-corrected chi connectivity index (χ3v) is 5.90. The van der Waals surface area contributed by atoms with Gasteiger partial charge in [-0.3, -0.25) is 9.78 Å².